The monoisotopic (exact) mass is 424 g/mol. The molecule has 0 saturated heterocycles. The summed E-state index contributed by atoms with van der Waals surface area (Å²) in [4.78, 5) is 31.5. The van der Waals surface area contributed by atoms with Gasteiger partial charge in [-0.25, -0.2) is 0 Å². The van der Waals surface area contributed by atoms with Crippen LogP contribution in [0.3, 0.4) is 0 Å². The molecule has 0 fully saturated rings. The summed E-state index contributed by atoms with van der Waals surface area (Å²) in [6.07, 6.45) is 2.03. The van der Waals surface area contributed by atoms with E-state index in [-0.39, 0.29) is 16.2 Å². The number of rotatable bonds is 4. The number of aromatic nitrogens is 3. The fourth-order valence-corrected chi connectivity index (χ4v) is 4.01. The summed E-state index contributed by atoms with van der Waals surface area (Å²) < 4.78 is 1.64. The van der Waals surface area contributed by atoms with Crippen LogP contribution in [0.2, 0.25) is 5.02 Å². The first-order chi connectivity index (χ1) is 13.9. The van der Waals surface area contributed by atoms with Crippen LogP contribution in [0.4, 0.5) is 5.69 Å². The molecule has 0 aliphatic heterocycles. The van der Waals surface area contributed by atoms with Crippen LogP contribution in [0.5, 0.6) is 0 Å². The smallest absolute Gasteiger partial charge is 0.296 e. The molecule has 146 valence electrons. The molecule has 0 N–H and O–H groups in total. The van der Waals surface area contributed by atoms with Crippen molar-refractivity contribution in [2.45, 2.75) is 6.42 Å². The minimum atomic E-state index is -0.419. The zero-order chi connectivity index (χ0) is 20.5. The predicted octanol–water partition coefficient (Wildman–Crippen LogP) is 2.37. The SMILES string of the molecule is CN(C)c1ccc(Cc2nn3c(=O)/c(=C/c4cccc(Cl)c4)sc3nc2=O)cc1. The highest BCUT2D eigenvalue weighted by Crippen LogP contribution is 2.14. The summed E-state index contributed by atoms with van der Waals surface area (Å²) in [5, 5.41) is 4.87. The molecule has 2 aromatic carbocycles. The largest absolute Gasteiger partial charge is 0.378 e. The van der Waals surface area contributed by atoms with Gasteiger partial charge in [-0.2, -0.15) is 14.6 Å². The van der Waals surface area contributed by atoms with Crippen LogP contribution < -0.4 is 20.6 Å². The summed E-state index contributed by atoms with van der Waals surface area (Å²) >= 11 is 7.14. The van der Waals surface area contributed by atoms with Gasteiger partial charge in [-0.1, -0.05) is 47.2 Å². The molecule has 0 radical (unpaired) electrons. The fraction of sp³-hybridized carbons (Fsp3) is 0.143. The Morgan fingerprint density at radius 3 is 2.59 bits per heavy atom. The Bertz CT molecular complexity index is 1360. The van der Waals surface area contributed by atoms with Gasteiger partial charge < -0.3 is 4.90 Å². The molecule has 2 heterocycles. The lowest BCUT2D eigenvalue weighted by atomic mass is 10.1. The number of anilines is 1. The normalized spacial score (nSPS) is 11.9. The lowest BCUT2D eigenvalue weighted by Crippen LogP contribution is -2.28. The van der Waals surface area contributed by atoms with Crippen LogP contribution in [0.15, 0.2) is 58.1 Å². The molecular formula is C21H17ClN4O2S. The summed E-state index contributed by atoms with van der Waals surface area (Å²) in [6, 6.07) is 15.0. The Hall–Kier alpha value is -3.03. The molecule has 0 atom stereocenters. The molecule has 0 saturated carbocycles. The second-order valence-electron chi connectivity index (χ2n) is 6.77. The Balaban J connectivity index is 1.74. The molecule has 0 aliphatic rings. The number of benzene rings is 2. The Kier molecular flexibility index (Phi) is 5.17. The highest BCUT2D eigenvalue weighted by Gasteiger charge is 2.12. The molecule has 8 heteroatoms. The summed E-state index contributed by atoms with van der Waals surface area (Å²) in [5.41, 5.74) is 2.30. The minimum absolute atomic E-state index is 0.240. The van der Waals surface area contributed by atoms with Crippen LogP contribution in [-0.2, 0) is 6.42 Å². The molecule has 0 bridgehead atoms. The van der Waals surface area contributed by atoms with Crippen molar-refractivity contribution in [2.75, 3.05) is 19.0 Å². The van der Waals surface area contributed by atoms with E-state index < -0.39 is 5.56 Å². The van der Waals surface area contributed by atoms with Crippen molar-refractivity contribution in [1.29, 1.82) is 0 Å². The van der Waals surface area contributed by atoms with Crippen molar-refractivity contribution in [1.82, 2.24) is 14.6 Å². The van der Waals surface area contributed by atoms with E-state index >= 15 is 0 Å². The van der Waals surface area contributed by atoms with E-state index in [9.17, 15) is 9.59 Å². The van der Waals surface area contributed by atoms with Crippen LogP contribution in [0, 0.1) is 0 Å². The van der Waals surface area contributed by atoms with Gasteiger partial charge in [0.25, 0.3) is 11.1 Å². The molecule has 0 amide bonds. The summed E-state index contributed by atoms with van der Waals surface area (Å²) in [6.45, 7) is 0. The van der Waals surface area contributed by atoms with Gasteiger partial charge in [0.2, 0.25) is 4.96 Å². The molecule has 0 unspecified atom stereocenters. The number of hydrogen-bond acceptors (Lipinski definition) is 6. The van der Waals surface area contributed by atoms with Gasteiger partial charge in [0, 0.05) is 31.2 Å². The summed E-state index contributed by atoms with van der Waals surface area (Å²) in [7, 11) is 3.93. The quantitative estimate of drug-likeness (QED) is 0.503. The highest BCUT2D eigenvalue weighted by atomic mass is 35.5. The number of fused-ring (bicyclic) bond motifs is 1. The molecular weight excluding hydrogens is 408 g/mol. The van der Waals surface area contributed by atoms with E-state index in [2.05, 4.69) is 10.1 Å². The number of thiazole rings is 1. The number of halogens is 1. The number of nitrogens with zero attached hydrogens (tertiary/aromatic N) is 4. The van der Waals surface area contributed by atoms with Gasteiger partial charge in [-0.3, -0.25) is 9.59 Å². The molecule has 0 aliphatic carbocycles. The average Bonchev–Trinajstić information content (AvgIpc) is 2.97. The van der Waals surface area contributed by atoms with E-state index in [1.165, 1.54) is 4.52 Å². The van der Waals surface area contributed by atoms with Crippen molar-refractivity contribution >= 4 is 39.7 Å². The average molecular weight is 425 g/mol. The molecule has 2 aromatic heterocycles. The first-order valence-electron chi connectivity index (χ1n) is 8.87. The standard InChI is InChI=1S/C21H17ClN4O2S/c1-25(2)16-8-6-13(7-9-16)11-17-19(27)23-21-26(24-17)20(28)18(29-21)12-14-4-3-5-15(22)10-14/h3-10,12H,11H2,1-2H3/b18-12-. The first-order valence-corrected chi connectivity index (χ1v) is 10.1. The Labute approximate surface area is 175 Å². The third kappa shape index (κ3) is 4.06. The Morgan fingerprint density at radius 1 is 1.14 bits per heavy atom. The minimum Gasteiger partial charge on any atom is -0.378 e. The van der Waals surface area contributed by atoms with E-state index in [1.54, 1.807) is 18.2 Å². The van der Waals surface area contributed by atoms with Crippen molar-refractivity contribution in [3.63, 3.8) is 0 Å². The van der Waals surface area contributed by atoms with Gasteiger partial charge in [-0.05, 0) is 41.5 Å². The van der Waals surface area contributed by atoms with Gasteiger partial charge in [0.05, 0.1) is 4.53 Å². The van der Waals surface area contributed by atoms with E-state index in [0.717, 1.165) is 28.2 Å². The van der Waals surface area contributed by atoms with Crippen LogP contribution in [-0.4, -0.2) is 28.7 Å². The molecule has 29 heavy (non-hydrogen) atoms. The van der Waals surface area contributed by atoms with Gasteiger partial charge in [0.1, 0.15) is 5.69 Å². The van der Waals surface area contributed by atoms with Crippen molar-refractivity contribution < 1.29 is 0 Å². The zero-order valence-corrected chi connectivity index (χ0v) is 17.4. The van der Waals surface area contributed by atoms with Gasteiger partial charge in [0.15, 0.2) is 0 Å². The molecule has 0 spiro atoms. The predicted molar refractivity (Wildman–Crippen MR) is 117 cm³/mol. The highest BCUT2D eigenvalue weighted by molar-refractivity contribution is 7.15. The van der Waals surface area contributed by atoms with Gasteiger partial charge in [-0.15, -0.1) is 0 Å². The zero-order valence-electron chi connectivity index (χ0n) is 15.8. The number of hydrogen-bond donors (Lipinski definition) is 0. The van der Waals surface area contributed by atoms with Crippen LogP contribution in [0.25, 0.3) is 11.0 Å². The lowest BCUT2D eigenvalue weighted by molar-refractivity contribution is 0.811. The maximum atomic E-state index is 12.8. The molecule has 6 nitrogen and oxygen atoms in total. The topological polar surface area (TPSA) is 67.6 Å². The van der Waals surface area contributed by atoms with E-state index in [1.807, 2.05) is 55.4 Å². The Morgan fingerprint density at radius 2 is 1.90 bits per heavy atom. The maximum Gasteiger partial charge on any atom is 0.296 e. The maximum absolute atomic E-state index is 12.8. The second-order valence-corrected chi connectivity index (χ2v) is 8.21. The van der Waals surface area contributed by atoms with E-state index in [4.69, 9.17) is 11.6 Å². The van der Waals surface area contributed by atoms with Crippen molar-refractivity contribution in [3.8, 4) is 0 Å². The van der Waals surface area contributed by atoms with Gasteiger partial charge >= 0.3 is 0 Å². The van der Waals surface area contributed by atoms with Crippen molar-refractivity contribution in [2.24, 2.45) is 0 Å². The first kappa shape index (κ1) is 19.3. The summed E-state index contributed by atoms with van der Waals surface area (Å²) in [5.74, 6) is 0. The second kappa shape index (κ2) is 7.77. The van der Waals surface area contributed by atoms with Crippen LogP contribution >= 0.6 is 22.9 Å². The molecule has 4 rings (SSSR count). The third-order valence-corrected chi connectivity index (χ3v) is 5.62. The third-order valence-electron chi connectivity index (χ3n) is 4.42. The fourth-order valence-electron chi connectivity index (χ4n) is 2.90. The van der Waals surface area contributed by atoms with Crippen molar-refractivity contribution in [3.05, 3.63) is 95.6 Å². The van der Waals surface area contributed by atoms with E-state index in [0.29, 0.717) is 16.0 Å². The molecule has 4 aromatic rings. The lowest BCUT2D eigenvalue weighted by Gasteiger charge is -2.12. The van der Waals surface area contributed by atoms with Crippen LogP contribution in [0.1, 0.15) is 16.8 Å².